The van der Waals surface area contributed by atoms with Crippen molar-refractivity contribution < 1.29 is 19.1 Å². The van der Waals surface area contributed by atoms with Gasteiger partial charge in [-0.3, -0.25) is 9.59 Å². The maximum Gasteiger partial charge on any atom is 0.251 e. The Hall–Kier alpha value is -2.24. The highest BCUT2D eigenvalue weighted by Gasteiger charge is 2.19. The molecule has 0 saturated carbocycles. The van der Waals surface area contributed by atoms with Crippen molar-refractivity contribution in [3.05, 3.63) is 23.8 Å². The van der Waals surface area contributed by atoms with E-state index < -0.39 is 0 Å². The molecule has 1 saturated heterocycles. The molecule has 0 aromatic heterocycles. The zero-order valence-electron chi connectivity index (χ0n) is 14.5. The lowest BCUT2D eigenvalue weighted by molar-refractivity contribution is -0.129. The minimum Gasteiger partial charge on any atom is -0.490 e. The van der Waals surface area contributed by atoms with Crippen molar-refractivity contribution in [2.24, 2.45) is 0 Å². The van der Waals surface area contributed by atoms with E-state index in [0.29, 0.717) is 30.3 Å². The number of nitrogens with one attached hydrogen (secondary N) is 1. The van der Waals surface area contributed by atoms with E-state index in [1.165, 1.54) is 0 Å². The minimum absolute atomic E-state index is 0.0247. The van der Waals surface area contributed by atoms with Crippen LogP contribution in [0.1, 0.15) is 43.5 Å². The molecule has 1 N–H and O–H groups in total. The van der Waals surface area contributed by atoms with Gasteiger partial charge >= 0.3 is 0 Å². The number of likely N-dealkylation sites (tertiary alicyclic amines) is 1. The second-order valence-corrected chi connectivity index (χ2v) is 5.71. The molecule has 6 heteroatoms. The molecule has 0 bridgehead atoms. The molecule has 1 aromatic carbocycles. The van der Waals surface area contributed by atoms with E-state index in [4.69, 9.17) is 9.47 Å². The fourth-order valence-electron chi connectivity index (χ4n) is 2.59. The van der Waals surface area contributed by atoms with Crippen LogP contribution >= 0.6 is 0 Å². The predicted molar refractivity (Wildman–Crippen MR) is 91.5 cm³/mol. The summed E-state index contributed by atoms with van der Waals surface area (Å²) in [7, 11) is 0. The lowest BCUT2D eigenvalue weighted by Gasteiger charge is -2.16. The van der Waals surface area contributed by atoms with Crippen molar-refractivity contribution in [3.63, 3.8) is 0 Å². The van der Waals surface area contributed by atoms with Crippen molar-refractivity contribution >= 4 is 11.8 Å². The van der Waals surface area contributed by atoms with Crippen LogP contribution in [0.3, 0.4) is 0 Å². The zero-order chi connectivity index (χ0) is 17.4. The molecule has 1 aliphatic rings. The average molecular weight is 334 g/mol. The van der Waals surface area contributed by atoms with Crippen molar-refractivity contribution in [1.29, 1.82) is 0 Å². The lowest BCUT2D eigenvalue weighted by atomic mass is 10.2. The summed E-state index contributed by atoms with van der Waals surface area (Å²) in [6, 6.07) is 5.07. The first kappa shape index (κ1) is 18.1. The number of hydrogen-bond donors (Lipinski definition) is 1. The highest BCUT2D eigenvalue weighted by atomic mass is 16.5. The molecule has 2 amide bonds. The molecule has 1 heterocycles. The van der Waals surface area contributed by atoms with Crippen LogP contribution in [0.4, 0.5) is 0 Å². The Morgan fingerprint density at radius 3 is 2.54 bits per heavy atom. The van der Waals surface area contributed by atoms with Crippen LogP contribution in [0.5, 0.6) is 11.5 Å². The summed E-state index contributed by atoms with van der Waals surface area (Å²) in [6.45, 7) is 6.58. The fraction of sp³-hybridized carbons (Fsp3) is 0.556. The first-order valence-electron chi connectivity index (χ1n) is 8.61. The summed E-state index contributed by atoms with van der Waals surface area (Å²) in [4.78, 5) is 26.0. The number of rotatable bonds is 8. The van der Waals surface area contributed by atoms with Gasteiger partial charge in [0.05, 0.1) is 19.8 Å². The third kappa shape index (κ3) is 4.88. The number of benzene rings is 1. The number of nitrogens with zero attached hydrogens (tertiary/aromatic N) is 1. The maximum absolute atomic E-state index is 12.3. The molecule has 1 aromatic rings. The molecule has 0 spiro atoms. The number of carbonyl (C=O) groups is 2. The summed E-state index contributed by atoms with van der Waals surface area (Å²) in [5, 5.41) is 2.68. The topological polar surface area (TPSA) is 67.9 Å². The molecule has 24 heavy (non-hydrogen) atoms. The Kier molecular flexibility index (Phi) is 6.90. The summed E-state index contributed by atoms with van der Waals surface area (Å²) >= 11 is 0. The van der Waals surface area contributed by atoms with Gasteiger partial charge in [-0.15, -0.1) is 0 Å². The zero-order valence-corrected chi connectivity index (χ0v) is 14.5. The largest absolute Gasteiger partial charge is 0.490 e. The van der Waals surface area contributed by atoms with Crippen molar-refractivity contribution in [2.45, 2.75) is 33.1 Å². The molecular weight excluding hydrogens is 308 g/mol. The van der Waals surface area contributed by atoms with Gasteiger partial charge in [-0.1, -0.05) is 6.92 Å². The average Bonchev–Trinajstić information content (AvgIpc) is 3.13. The quantitative estimate of drug-likeness (QED) is 0.791. The van der Waals surface area contributed by atoms with Crippen molar-refractivity contribution in [3.8, 4) is 11.5 Å². The van der Waals surface area contributed by atoms with Gasteiger partial charge in [-0.2, -0.15) is 0 Å². The predicted octanol–water partition coefficient (Wildman–Crippen LogP) is 2.23. The van der Waals surface area contributed by atoms with Gasteiger partial charge in [0.25, 0.3) is 5.91 Å². The van der Waals surface area contributed by atoms with Gasteiger partial charge < -0.3 is 19.7 Å². The van der Waals surface area contributed by atoms with Gasteiger partial charge in [0, 0.05) is 18.7 Å². The number of amides is 2. The van der Waals surface area contributed by atoms with E-state index in [1.807, 2.05) is 13.8 Å². The van der Waals surface area contributed by atoms with Crippen LogP contribution in [0.2, 0.25) is 0 Å². The third-order valence-electron chi connectivity index (χ3n) is 3.83. The summed E-state index contributed by atoms with van der Waals surface area (Å²) < 4.78 is 11.2. The third-order valence-corrected chi connectivity index (χ3v) is 3.83. The Bertz CT molecular complexity index is 568. The van der Waals surface area contributed by atoms with Crippen LogP contribution in [0, 0.1) is 0 Å². The van der Waals surface area contributed by atoms with Crippen LogP contribution < -0.4 is 14.8 Å². The standard InChI is InChI=1S/C18H26N2O4/c1-3-11-24-15-8-7-14(12-16(15)23-4-2)18(22)19-13-17(21)20-9-5-6-10-20/h7-8,12H,3-6,9-11,13H2,1-2H3,(H,19,22). The summed E-state index contributed by atoms with van der Waals surface area (Å²) in [5.41, 5.74) is 0.455. The molecule has 6 nitrogen and oxygen atoms in total. The number of ether oxygens (including phenoxy) is 2. The van der Waals surface area contributed by atoms with Crippen LogP contribution in [0.25, 0.3) is 0 Å². The Balaban J connectivity index is 1.97. The molecule has 132 valence electrons. The first-order valence-corrected chi connectivity index (χ1v) is 8.61. The van der Waals surface area contributed by atoms with Gasteiger partial charge in [0.1, 0.15) is 0 Å². The van der Waals surface area contributed by atoms with Gasteiger partial charge in [-0.05, 0) is 44.4 Å². The summed E-state index contributed by atoms with van der Waals surface area (Å²) in [6.07, 6.45) is 2.97. The van der Waals surface area contributed by atoms with E-state index in [1.54, 1.807) is 23.1 Å². The molecule has 1 aliphatic heterocycles. The SMILES string of the molecule is CCCOc1ccc(C(=O)NCC(=O)N2CCCC2)cc1OCC. The van der Waals surface area contributed by atoms with Gasteiger partial charge in [0.15, 0.2) is 11.5 Å². The second kappa shape index (κ2) is 9.15. The normalized spacial score (nSPS) is 13.7. The van der Waals surface area contributed by atoms with Crippen molar-refractivity contribution in [1.82, 2.24) is 10.2 Å². The second-order valence-electron chi connectivity index (χ2n) is 5.71. The maximum atomic E-state index is 12.3. The molecule has 0 radical (unpaired) electrons. The lowest BCUT2D eigenvalue weighted by Crippen LogP contribution is -2.38. The highest BCUT2D eigenvalue weighted by molar-refractivity contribution is 5.97. The van der Waals surface area contributed by atoms with Gasteiger partial charge in [0.2, 0.25) is 5.91 Å². The number of carbonyl (C=O) groups excluding carboxylic acids is 2. The van der Waals surface area contributed by atoms with E-state index in [9.17, 15) is 9.59 Å². The molecule has 1 fully saturated rings. The minimum atomic E-state index is -0.287. The summed E-state index contributed by atoms with van der Waals surface area (Å²) in [5.74, 6) is 0.854. The van der Waals surface area contributed by atoms with Crippen molar-refractivity contribution in [2.75, 3.05) is 32.8 Å². The Labute approximate surface area is 143 Å². The van der Waals surface area contributed by atoms with Crippen LogP contribution in [-0.4, -0.2) is 49.6 Å². The van der Waals surface area contributed by atoms with E-state index in [-0.39, 0.29) is 18.4 Å². The van der Waals surface area contributed by atoms with Crippen LogP contribution in [-0.2, 0) is 4.79 Å². The molecular formula is C18H26N2O4. The Morgan fingerprint density at radius 2 is 1.88 bits per heavy atom. The molecule has 0 aliphatic carbocycles. The van der Waals surface area contributed by atoms with E-state index in [0.717, 1.165) is 32.4 Å². The number of hydrogen-bond acceptors (Lipinski definition) is 4. The Morgan fingerprint density at radius 1 is 1.12 bits per heavy atom. The van der Waals surface area contributed by atoms with E-state index >= 15 is 0 Å². The highest BCUT2D eigenvalue weighted by Crippen LogP contribution is 2.28. The monoisotopic (exact) mass is 334 g/mol. The molecule has 0 atom stereocenters. The van der Waals surface area contributed by atoms with E-state index in [2.05, 4.69) is 5.32 Å². The van der Waals surface area contributed by atoms with Crippen LogP contribution in [0.15, 0.2) is 18.2 Å². The molecule has 2 rings (SSSR count). The smallest absolute Gasteiger partial charge is 0.251 e. The first-order chi connectivity index (χ1) is 11.7. The molecule has 0 unspecified atom stereocenters. The van der Waals surface area contributed by atoms with Gasteiger partial charge in [-0.25, -0.2) is 0 Å². The fourth-order valence-corrected chi connectivity index (χ4v) is 2.59.